The summed E-state index contributed by atoms with van der Waals surface area (Å²) in [5.41, 5.74) is 2.14. The van der Waals surface area contributed by atoms with Gasteiger partial charge >= 0.3 is 11.9 Å². The van der Waals surface area contributed by atoms with Crippen LogP contribution in [0.15, 0.2) is 42.5 Å². The third kappa shape index (κ3) is 6.83. The number of ether oxygens (including phenoxy) is 2. The Morgan fingerprint density at radius 1 is 1.06 bits per heavy atom. The monoisotopic (exact) mass is 501 g/mol. The first kappa shape index (κ1) is 26.7. The van der Waals surface area contributed by atoms with Crippen LogP contribution in [0.2, 0.25) is 5.02 Å². The average molecular weight is 502 g/mol. The lowest BCUT2D eigenvalue weighted by Gasteiger charge is -2.41. The largest absolute Gasteiger partial charge is 0.465 e. The minimum Gasteiger partial charge on any atom is -0.465 e. The number of methoxy groups -OCH3 is 1. The fourth-order valence-corrected chi connectivity index (χ4v) is 4.97. The topological polar surface area (TPSA) is 81.7 Å². The van der Waals surface area contributed by atoms with Crippen LogP contribution >= 0.6 is 11.6 Å². The zero-order valence-corrected chi connectivity index (χ0v) is 21.4. The molecule has 0 aliphatic carbocycles. The minimum atomic E-state index is -0.582. The van der Waals surface area contributed by atoms with Gasteiger partial charge in [-0.25, -0.2) is 9.59 Å². The molecule has 7 nitrogen and oxygen atoms in total. The number of amides is 1. The number of quaternary nitrogens is 1. The summed E-state index contributed by atoms with van der Waals surface area (Å²) in [4.78, 5) is 38.8. The predicted molar refractivity (Wildman–Crippen MR) is 135 cm³/mol. The first-order valence-electron chi connectivity index (χ1n) is 12.0. The SMILES string of the molecule is COC(=O)c1cc(Cl)cc(C)c1NC(=O)C(C)[N+]1(CC(=O)OCc2ccccc2)CCCCCC1. The van der Waals surface area contributed by atoms with E-state index in [9.17, 15) is 14.4 Å². The Morgan fingerprint density at radius 3 is 2.34 bits per heavy atom. The van der Waals surface area contributed by atoms with E-state index in [1.807, 2.05) is 37.3 Å². The Hall–Kier alpha value is -2.90. The molecule has 35 heavy (non-hydrogen) atoms. The molecular formula is C27H34ClN2O5+. The Bertz CT molecular complexity index is 1050. The molecule has 2 aromatic carbocycles. The lowest BCUT2D eigenvalue weighted by atomic mass is 10.1. The van der Waals surface area contributed by atoms with Gasteiger partial charge in [0.1, 0.15) is 6.61 Å². The van der Waals surface area contributed by atoms with E-state index in [-0.39, 0.29) is 30.6 Å². The number of halogens is 1. The summed E-state index contributed by atoms with van der Waals surface area (Å²) in [5, 5.41) is 3.31. The fourth-order valence-electron chi connectivity index (χ4n) is 4.70. The second-order valence-electron chi connectivity index (χ2n) is 9.19. The average Bonchev–Trinajstić information content (AvgIpc) is 3.10. The molecule has 1 saturated heterocycles. The quantitative estimate of drug-likeness (QED) is 0.411. The van der Waals surface area contributed by atoms with Crippen LogP contribution in [-0.2, 0) is 25.7 Å². The number of carbonyl (C=O) groups excluding carboxylic acids is 3. The van der Waals surface area contributed by atoms with Crippen molar-refractivity contribution < 1.29 is 28.3 Å². The number of hydrogen-bond donors (Lipinski definition) is 1. The lowest BCUT2D eigenvalue weighted by Crippen LogP contribution is -2.61. The molecule has 1 fully saturated rings. The van der Waals surface area contributed by atoms with Crippen molar-refractivity contribution in [3.63, 3.8) is 0 Å². The Labute approximate surface area is 211 Å². The van der Waals surface area contributed by atoms with E-state index in [1.165, 1.54) is 13.2 Å². The number of hydrogen-bond acceptors (Lipinski definition) is 5. The van der Waals surface area contributed by atoms with E-state index in [0.29, 0.717) is 33.8 Å². The first-order chi connectivity index (χ1) is 16.8. The molecule has 1 atom stereocenters. The smallest absolute Gasteiger partial charge is 0.362 e. The Kier molecular flexibility index (Phi) is 9.29. The van der Waals surface area contributed by atoms with E-state index in [1.54, 1.807) is 13.0 Å². The van der Waals surface area contributed by atoms with Crippen LogP contribution in [-0.4, -0.2) is 55.1 Å². The molecule has 0 aromatic heterocycles. The third-order valence-electron chi connectivity index (χ3n) is 6.80. The predicted octanol–water partition coefficient (Wildman–Crippen LogP) is 4.90. The molecule has 1 aliphatic heterocycles. The van der Waals surface area contributed by atoms with Gasteiger partial charge < -0.3 is 19.3 Å². The maximum Gasteiger partial charge on any atom is 0.362 e. The van der Waals surface area contributed by atoms with Gasteiger partial charge in [0, 0.05) is 5.02 Å². The number of anilines is 1. The first-order valence-corrected chi connectivity index (χ1v) is 12.4. The second-order valence-corrected chi connectivity index (χ2v) is 9.62. The number of benzene rings is 2. The molecule has 1 amide bonds. The second kappa shape index (κ2) is 12.2. The molecule has 1 aliphatic rings. The number of nitrogens with zero attached hydrogens (tertiary/aromatic N) is 1. The molecule has 0 bridgehead atoms. The number of esters is 2. The van der Waals surface area contributed by atoms with Crippen molar-refractivity contribution in [3.05, 3.63) is 64.2 Å². The van der Waals surface area contributed by atoms with E-state index in [4.69, 9.17) is 21.1 Å². The summed E-state index contributed by atoms with van der Waals surface area (Å²) in [7, 11) is 1.28. The van der Waals surface area contributed by atoms with Crippen molar-refractivity contribution in [3.8, 4) is 0 Å². The molecule has 188 valence electrons. The summed E-state index contributed by atoms with van der Waals surface area (Å²) in [6, 6.07) is 12.2. The molecule has 1 N–H and O–H groups in total. The van der Waals surface area contributed by atoms with Gasteiger partial charge in [0.05, 0.1) is 31.5 Å². The normalized spacial score (nSPS) is 16.0. The maximum atomic E-state index is 13.5. The van der Waals surface area contributed by atoms with Crippen molar-refractivity contribution in [2.24, 2.45) is 0 Å². The highest BCUT2D eigenvalue weighted by molar-refractivity contribution is 6.31. The zero-order chi connectivity index (χ0) is 25.4. The molecule has 2 aromatic rings. The highest BCUT2D eigenvalue weighted by atomic mass is 35.5. The van der Waals surface area contributed by atoms with Gasteiger partial charge in [0.25, 0.3) is 5.91 Å². The summed E-state index contributed by atoms with van der Waals surface area (Å²) >= 11 is 6.14. The molecule has 8 heteroatoms. The lowest BCUT2D eigenvalue weighted by molar-refractivity contribution is -0.933. The number of carbonyl (C=O) groups is 3. The minimum absolute atomic E-state index is 0.116. The standard InChI is InChI=1S/C27H33ClN2O5/c1-19-15-22(28)16-23(27(33)34-3)25(19)29-26(32)20(2)30(13-9-4-5-10-14-30)17-24(31)35-18-21-11-7-6-8-12-21/h6-8,11-12,15-16,20H,4-5,9-10,13-14,17-18H2,1-3H3/p+1. The van der Waals surface area contributed by atoms with Crippen molar-refractivity contribution in [1.29, 1.82) is 0 Å². The van der Waals surface area contributed by atoms with Crippen LogP contribution in [0, 0.1) is 6.92 Å². The van der Waals surface area contributed by atoms with Gasteiger partial charge in [-0.2, -0.15) is 0 Å². The molecular weight excluding hydrogens is 468 g/mol. The van der Waals surface area contributed by atoms with Gasteiger partial charge in [0.2, 0.25) is 0 Å². The van der Waals surface area contributed by atoms with Gasteiger partial charge in [-0.3, -0.25) is 4.79 Å². The van der Waals surface area contributed by atoms with Crippen LogP contribution in [0.25, 0.3) is 0 Å². The van der Waals surface area contributed by atoms with Crippen molar-refractivity contribution in [1.82, 2.24) is 0 Å². The number of rotatable bonds is 8. The number of likely N-dealkylation sites (tertiary alicyclic amines) is 1. The molecule has 0 saturated carbocycles. The highest BCUT2D eigenvalue weighted by Gasteiger charge is 2.41. The van der Waals surface area contributed by atoms with Gasteiger partial charge in [-0.1, -0.05) is 41.9 Å². The van der Waals surface area contributed by atoms with E-state index >= 15 is 0 Å². The summed E-state index contributed by atoms with van der Waals surface area (Å²) in [6.07, 6.45) is 3.99. The molecule has 1 unspecified atom stereocenters. The molecule has 0 radical (unpaired) electrons. The van der Waals surface area contributed by atoms with Gasteiger partial charge in [-0.05, 0) is 62.8 Å². The van der Waals surface area contributed by atoms with Crippen LogP contribution in [0.3, 0.4) is 0 Å². The summed E-state index contributed by atoms with van der Waals surface area (Å²) in [6.45, 7) is 5.35. The Morgan fingerprint density at radius 2 is 1.71 bits per heavy atom. The van der Waals surface area contributed by atoms with E-state index in [0.717, 1.165) is 31.2 Å². The number of nitrogens with one attached hydrogen (secondary N) is 1. The van der Waals surface area contributed by atoms with E-state index in [2.05, 4.69) is 5.32 Å². The molecule has 1 heterocycles. The van der Waals surface area contributed by atoms with Crippen LogP contribution in [0.1, 0.15) is 54.1 Å². The van der Waals surface area contributed by atoms with Crippen LogP contribution in [0.5, 0.6) is 0 Å². The molecule has 0 spiro atoms. The highest BCUT2D eigenvalue weighted by Crippen LogP contribution is 2.29. The number of aryl methyl sites for hydroxylation is 1. The van der Waals surface area contributed by atoms with Crippen LogP contribution < -0.4 is 5.32 Å². The van der Waals surface area contributed by atoms with Gasteiger partial charge in [0.15, 0.2) is 12.6 Å². The van der Waals surface area contributed by atoms with Crippen molar-refractivity contribution in [2.45, 2.75) is 52.2 Å². The molecule has 3 rings (SSSR count). The summed E-state index contributed by atoms with van der Waals surface area (Å²) in [5.74, 6) is -1.17. The van der Waals surface area contributed by atoms with Crippen LogP contribution in [0.4, 0.5) is 5.69 Å². The third-order valence-corrected chi connectivity index (χ3v) is 7.02. The Balaban J connectivity index is 1.80. The van der Waals surface area contributed by atoms with Crippen molar-refractivity contribution >= 4 is 35.1 Å². The maximum absolute atomic E-state index is 13.5. The van der Waals surface area contributed by atoms with Crippen molar-refractivity contribution in [2.75, 3.05) is 32.1 Å². The van der Waals surface area contributed by atoms with Gasteiger partial charge in [-0.15, -0.1) is 0 Å². The fraction of sp³-hybridized carbons (Fsp3) is 0.444. The van der Waals surface area contributed by atoms with E-state index < -0.39 is 12.0 Å². The summed E-state index contributed by atoms with van der Waals surface area (Å²) < 4.78 is 10.8. The zero-order valence-electron chi connectivity index (χ0n) is 20.6.